The fourth-order valence-electron chi connectivity index (χ4n) is 7.17. The highest BCUT2D eigenvalue weighted by atomic mass is 31.2. The molecule has 11 heteroatoms. The van der Waals surface area contributed by atoms with Crippen molar-refractivity contribution in [3.05, 3.63) is 83.9 Å². The maximum Gasteiger partial charge on any atom is 0.247 e. The third kappa shape index (κ3) is 8.48. The first-order chi connectivity index (χ1) is 24.0. The average Bonchev–Trinajstić information content (AvgIpc) is 3.97. The number of benzene rings is 2. The molecule has 2 aromatic carbocycles. The van der Waals surface area contributed by atoms with E-state index in [4.69, 9.17) is 20.4 Å². The number of amides is 1. The first-order valence-electron chi connectivity index (χ1n) is 17.9. The molecule has 0 radical (unpaired) electrons. The van der Waals surface area contributed by atoms with Crippen LogP contribution in [0.1, 0.15) is 73.9 Å². The zero-order valence-corrected chi connectivity index (χ0v) is 30.8. The minimum atomic E-state index is -2.55. The number of carbonyl (C=O) groups is 1. The fourth-order valence-corrected chi connectivity index (χ4v) is 8.32. The number of piperidine rings is 1. The number of carbonyl (C=O) groups excluding carboxylic acids is 1. The molecular formula is C39H52N7O3P. The molecule has 1 saturated carbocycles. The van der Waals surface area contributed by atoms with Gasteiger partial charge in [-0.1, -0.05) is 30.4 Å². The van der Waals surface area contributed by atoms with Crippen molar-refractivity contribution in [2.24, 2.45) is 11.7 Å². The quantitative estimate of drug-likeness (QED) is 0.113. The van der Waals surface area contributed by atoms with Crippen molar-refractivity contribution in [3.8, 4) is 5.75 Å². The van der Waals surface area contributed by atoms with Gasteiger partial charge in [-0.05, 0) is 108 Å². The number of nitrogens with one attached hydrogen (secondary N) is 2. The lowest BCUT2D eigenvalue weighted by molar-refractivity contribution is -0.111. The molecule has 6 rings (SSSR count). The Kier molecular flexibility index (Phi) is 11.1. The Morgan fingerprint density at radius 3 is 2.54 bits per heavy atom. The first-order valence-corrected chi connectivity index (χ1v) is 20.5. The Bertz CT molecular complexity index is 1790. The van der Waals surface area contributed by atoms with Gasteiger partial charge in [-0.25, -0.2) is 9.97 Å². The van der Waals surface area contributed by atoms with Crippen molar-refractivity contribution < 1.29 is 14.1 Å². The summed E-state index contributed by atoms with van der Waals surface area (Å²) < 4.78 is 19.1. The topological polar surface area (TPSA) is 126 Å². The average molecular weight is 698 g/mol. The molecule has 266 valence electrons. The SMILES string of the molecule is C=CC(=O)Nc1cc(C(N)c2ncc(C3CC3)c(Nc3ccccc3P(C)(C)=O)n2)c(OC)cc1N1CCC(C=C2CCCN(C)CC2)CC1. The standard InChI is InChI=1S/C39H52N7O3P/c1-6-36(47)42-32-23-29(34(49-3)24-33(32)46-20-16-27(17-21-46)22-26-10-9-18-45(2)19-15-26)37(40)39-41-25-30(28-13-14-28)38(44-39)43-31-11-7-8-12-35(31)50(4,5)48/h6-8,11-12,22-25,27-28,37H,1,9-10,13-21,40H2,2-5H3,(H,42,47)(H,41,43,44). The van der Waals surface area contributed by atoms with Gasteiger partial charge in [-0.15, -0.1) is 0 Å². The number of para-hydroxylation sites is 1. The van der Waals surface area contributed by atoms with Crippen LogP contribution in [0.15, 0.2) is 66.9 Å². The molecule has 2 saturated heterocycles. The summed E-state index contributed by atoms with van der Waals surface area (Å²) in [5.41, 5.74) is 12.5. The van der Waals surface area contributed by atoms with E-state index in [1.54, 1.807) is 26.0 Å². The van der Waals surface area contributed by atoms with Crippen molar-refractivity contribution in [3.63, 3.8) is 0 Å². The van der Waals surface area contributed by atoms with Gasteiger partial charge < -0.3 is 35.5 Å². The number of likely N-dealkylation sites (tertiary alicyclic amines) is 1. The highest BCUT2D eigenvalue weighted by molar-refractivity contribution is 7.70. The van der Waals surface area contributed by atoms with Crippen LogP contribution < -0.4 is 31.3 Å². The summed E-state index contributed by atoms with van der Waals surface area (Å²) in [7, 11) is 1.29. The summed E-state index contributed by atoms with van der Waals surface area (Å²) in [5, 5.41) is 7.29. The second-order valence-electron chi connectivity index (χ2n) is 14.4. The number of aromatic nitrogens is 2. The van der Waals surface area contributed by atoms with Gasteiger partial charge in [-0.2, -0.15) is 0 Å². The molecule has 1 amide bonds. The van der Waals surface area contributed by atoms with Crippen LogP contribution in [0.25, 0.3) is 0 Å². The monoisotopic (exact) mass is 697 g/mol. The van der Waals surface area contributed by atoms with Crippen LogP contribution in [-0.4, -0.2) is 74.4 Å². The highest BCUT2D eigenvalue weighted by Gasteiger charge is 2.30. The van der Waals surface area contributed by atoms with Gasteiger partial charge in [0, 0.05) is 48.3 Å². The summed E-state index contributed by atoms with van der Waals surface area (Å²) in [5.74, 6) is 2.30. The molecule has 3 aliphatic rings. The summed E-state index contributed by atoms with van der Waals surface area (Å²) in [6.07, 6.45) is 13.5. The predicted octanol–water partition coefficient (Wildman–Crippen LogP) is 6.79. The Morgan fingerprint density at radius 1 is 1.08 bits per heavy atom. The number of nitrogens with zero attached hydrogens (tertiary/aromatic N) is 4. The van der Waals surface area contributed by atoms with Gasteiger partial charge in [0.15, 0.2) is 5.82 Å². The van der Waals surface area contributed by atoms with Crippen molar-refractivity contribution in [1.82, 2.24) is 14.9 Å². The Morgan fingerprint density at radius 2 is 1.84 bits per heavy atom. The van der Waals surface area contributed by atoms with E-state index in [1.807, 2.05) is 42.6 Å². The molecule has 1 aliphatic carbocycles. The van der Waals surface area contributed by atoms with Gasteiger partial charge in [0.25, 0.3) is 0 Å². The van der Waals surface area contributed by atoms with Crippen LogP contribution in [0, 0.1) is 5.92 Å². The van der Waals surface area contributed by atoms with Gasteiger partial charge >= 0.3 is 0 Å². The minimum Gasteiger partial charge on any atom is -0.496 e. The maximum absolute atomic E-state index is 13.1. The van der Waals surface area contributed by atoms with Crippen LogP contribution in [0.4, 0.5) is 22.9 Å². The van der Waals surface area contributed by atoms with Gasteiger partial charge in [0.2, 0.25) is 5.91 Å². The van der Waals surface area contributed by atoms with Crippen LogP contribution in [0.5, 0.6) is 5.75 Å². The molecule has 10 nitrogen and oxygen atoms in total. The second-order valence-corrected chi connectivity index (χ2v) is 17.6. The van der Waals surface area contributed by atoms with E-state index in [9.17, 15) is 9.36 Å². The second kappa shape index (κ2) is 15.5. The molecule has 2 aliphatic heterocycles. The van der Waals surface area contributed by atoms with Crippen LogP contribution in [0.2, 0.25) is 0 Å². The van der Waals surface area contributed by atoms with Gasteiger partial charge in [0.1, 0.15) is 18.7 Å². The molecule has 3 fully saturated rings. The Labute approximate surface area is 297 Å². The first kappa shape index (κ1) is 35.8. The summed E-state index contributed by atoms with van der Waals surface area (Å²) in [6, 6.07) is 10.8. The lowest BCUT2D eigenvalue weighted by Crippen LogP contribution is -2.34. The summed E-state index contributed by atoms with van der Waals surface area (Å²) in [4.78, 5) is 27.2. The van der Waals surface area contributed by atoms with E-state index in [-0.39, 0.29) is 5.91 Å². The number of ether oxygens (including phenoxy) is 1. The number of anilines is 4. The van der Waals surface area contributed by atoms with E-state index < -0.39 is 13.2 Å². The molecular weight excluding hydrogens is 645 g/mol. The molecule has 1 atom stereocenters. The zero-order chi connectivity index (χ0) is 35.4. The third-order valence-electron chi connectivity index (χ3n) is 10.2. The summed E-state index contributed by atoms with van der Waals surface area (Å²) in [6.45, 7) is 11.3. The van der Waals surface area contributed by atoms with E-state index in [0.717, 1.165) is 74.0 Å². The van der Waals surface area contributed by atoms with Crippen LogP contribution >= 0.6 is 7.14 Å². The lowest BCUT2D eigenvalue weighted by atomic mass is 9.92. The molecule has 3 heterocycles. The van der Waals surface area contributed by atoms with Crippen molar-refractivity contribution in [2.45, 2.75) is 56.9 Å². The highest BCUT2D eigenvalue weighted by Crippen LogP contribution is 2.45. The molecule has 0 bridgehead atoms. The van der Waals surface area contributed by atoms with E-state index in [0.29, 0.717) is 40.5 Å². The molecule has 1 aromatic heterocycles. The smallest absolute Gasteiger partial charge is 0.247 e. The number of nitrogens with two attached hydrogens (primary N) is 1. The van der Waals surface area contributed by atoms with Crippen molar-refractivity contribution in [1.29, 1.82) is 0 Å². The maximum atomic E-state index is 13.1. The number of hydrogen-bond donors (Lipinski definition) is 3. The molecule has 0 spiro atoms. The molecule has 3 aromatic rings. The van der Waals surface area contributed by atoms with Crippen molar-refractivity contribution in [2.75, 3.05) is 69.2 Å². The minimum absolute atomic E-state index is 0.298. The zero-order valence-electron chi connectivity index (χ0n) is 30.0. The third-order valence-corrected chi connectivity index (χ3v) is 11.7. The Balaban J connectivity index is 1.29. The van der Waals surface area contributed by atoms with Crippen LogP contribution in [-0.2, 0) is 9.36 Å². The lowest BCUT2D eigenvalue weighted by Gasteiger charge is -2.35. The Hall–Kier alpha value is -3.98. The number of allylic oxidation sites excluding steroid dienone is 1. The van der Waals surface area contributed by atoms with Gasteiger partial charge in [0.05, 0.1) is 30.2 Å². The van der Waals surface area contributed by atoms with E-state index in [1.165, 1.54) is 25.5 Å². The van der Waals surface area contributed by atoms with Crippen molar-refractivity contribution >= 4 is 41.2 Å². The normalized spacial score (nSPS) is 19.1. The number of rotatable bonds is 11. The fraction of sp³-hybridized carbons (Fsp3) is 0.462. The van der Waals surface area contributed by atoms with E-state index >= 15 is 0 Å². The predicted molar refractivity (Wildman–Crippen MR) is 205 cm³/mol. The molecule has 1 unspecified atom stereocenters. The number of methoxy groups -OCH3 is 1. The largest absolute Gasteiger partial charge is 0.496 e. The van der Waals surface area contributed by atoms with E-state index in [2.05, 4.69) is 40.1 Å². The molecule has 4 N–H and O–H groups in total. The number of hydrogen-bond acceptors (Lipinski definition) is 9. The van der Waals surface area contributed by atoms with Crippen LogP contribution in [0.3, 0.4) is 0 Å². The molecule has 50 heavy (non-hydrogen) atoms. The summed E-state index contributed by atoms with van der Waals surface area (Å²) >= 11 is 0. The van der Waals surface area contributed by atoms with Gasteiger partial charge in [-0.3, -0.25) is 4.79 Å².